The molecule has 0 fully saturated rings. The van der Waals surface area contributed by atoms with E-state index in [4.69, 9.17) is 10.00 Å². The van der Waals surface area contributed by atoms with Gasteiger partial charge in [-0.1, -0.05) is 24.3 Å². The molecule has 2 aromatic carbocycles. The Balaban J connectivity index is 1.45. The molecular formula is C20H16N2O4. The zero-order valence-electron chi connectivity index (χ0n) is 14.0. The van der Waals surface area contributed by atoms with Gasteiger partial charge >= 0.3 is 5.97 Å². The Labute approximate surface area is 150 Å². The molecule has 0 atom stereocenters. The molecule has 1 aliphatic heterocycles. The number of carbonyl (C=O) groups excluding carboxylic acids is 3. The predicted molar refractivity (Wildman–Crippen MR) is 92.0 cm³/mol. The molecule has 2 amide bonds. The minimum atomic E-state index is -0.397. The fourth-order valence-electron chi connectivity index (χ4n) is 2.74. The van der Waals surface area contributed by atoms with E-state index in [9.17, 15) is 14.4 Å². The third-order valence-electron chi connectivity index (χ3n) is 4.12. The quantitative estimate of drug-likeness (QED) is 0.592. The van der Waals surface area contributed by atoms with Crippen LogP contribution in [-0.4, -0.2) is 29.2 Å². The molecule has 1 aliphatic rings. The lowest BCUT2D eigenvalue weighted by Gasteiger charge is -2.13. The van der Waals surface area contributed by atoms with Crippen LogP contribution in [0.2, 0.25) is 0 Å². The smallest absolute Gasteiger partial charge is 0.306 e. The molecule has 0 aromatic heterocycles. The number of ether oxygens (including phenoxy) is 1. The van der Waals surface area contributed by atoms with E-state index < -0.39 is 5.97 Å². The number of carbonyl (C=O) groups is 3. The Kier molecular flexibility index (Phi) is 5.09. The van der Waals surface area contributed by atoms with Gasteiger partial charge in [-0.2, -0.15) is 5.26 Å². The molecule has 0 saturated carbocycles. The van der Waals surface area contributed by atoms with Crippen LogP contribution in [0, 0.1) is 11.3 Å². The van der Waals surface area contributed by atoms with Crippen molar-refractivity contribution in [3.05, 3.63) is 70.8 Å². The standard InChI is InChI=1S/C20H16N2O4/c21-12-14-7-9-15(10-8-14)13-26-18(23)6-3-11-22-19(24)16-4-1-2-5-17(16)20(22)25/h1-2,4-5,7-10H,3,6,11,13H2. The van der Waals surface area contributed by atoms with Crippen LogP contribution in [-0.2, 0) is 16.1 Å². The first kappa shape index (κ1) is 17.4. The number of nitriles is 1. The van der Waals surface area contributed by atoms with Crippen molar-refractivity contribution in [1.29, 1.82) is 5.26 Å². The highest BCUT2D eigenvalue weighted by molar-refractivity contribution is 6.21. The highest BCUT2D eigenvalue weighted by Crippen LogP contribution is 2.22. The average Bonchev–Trinajstić information content (AvgIpc) is 2.92. The van der Waals surface area contributed by atoms with Crippen LogP contribution in [0.1, 0.15) is 44.7 Å². The summed E-state index contributed by atoms with van der Waals surface area (Å²) in [4.78, 5) is 37.4. The lowest BCUT2D eigenvalue weighted by Crippen LogP contribution is -2.31. The lowest BCUT2D eigenvalue weighted by atomic mass is 10.1. The van der Waals surface area contributed by atoms with Gasteiger partial charge in [-0.05, 0) is 36.2 Å². The number of nitrogens with zero attached hydrogens (tertiary/aromatic N) is 2. The summed E-state index contributed by atoms with van der Waals surface area (Å²) in [5.74, 6) is -1.04. The number of hydrogen-bond acceptors (Lipinski definition) is 5. The van der Waals surface area contributed by atoms with Crippen LogP contribution in [0.4, 0.5) is 0 Å². The Bertz CT molecular complexity index is 862. The van der Waals surface area contributed by atoms with Crippen molar-refractivity contribution < 1.29 is 19.1 Å². The first-order valence-electron chi connectivity index (χ1n) is 8.20. The van der Waals surface area contributed by atoms with Crippen molar-refractivity contribution in [3.8, 4) is 6.07 Å². The molecule has 0 unspecified atom stereocenters. The van der Waals surface area contributed by atoms with Gasteiger partial charge in [0.15, 0.2) is 0 Å². The summed E-state index contributed by atoms with van der Waals surface area (Å²) in [6.45, 7) is 0.301. The normalized spacial score (nSPS) is 12.7. The number of rotatable bonds is 6. The number of fused-ring (bicyclic) bond motifs is 1. The molecule has 6 nitrogen and oxygen atoms in total. The number of hydrogen-bond donors (Lipinski definition) is 0. The van der Waals surface area contributed by atoms with Crippen LogP contribution in [0.25, 0.3) is 0 Å². The van der Waals surface area contributed by atoms with Gasteiger partial charge in [0, 0.05) is 13.0 Å². The number of benzene rings is 2. The zero-order chi connectivity index (χ0) is 18.5. The zero-order valence-corrected chi connectivity index (χ0v) is 14.0. The fourth-order valence-corrected chi connectivity index (χ4v) is 2.74. The highest BCUT2D eigenvalue weighted by Gasteiger charge is 2.34. The van der Waals surface area contributed by atoms with E-state index in [-0.39, 0.29) is 31.4 Å². The Morgan fingerprint density at radius 2 is 1.62 bits per heavy atom. The van der Waals surface area contributed by atoms with Crippen molar-refractivity contribution in [2.45, 2.75) is 19.4 Å². The Hall–Kier alpha value is -3.46. The first-order chi connectivity index (χ1) is 12.6. The third-order valence-corrected chi connectivity index (χ3v) is 4.12. The minimum absolute atomic E-state index is 0.115. The Morgan fingerprint density at radius 1 is 1.00 bits per heavy atom. The van der Waals surface area contributed by atoms with Crippen LogP contribution in [0.3, 0.4) is 0 Å². The largest absolute Gasteiger partial charge is 0.461 e. The lowest BCUT2D eigenvalue weighted by molar-refractivity contribution is -0.145. The number of imide groups is 1. The molecule has 0 spiro atoms. The summed E-state index contributed by atoms with van der Waals surface area (Å²) in [6, 6.07) is 15.5. The molecule has 0 saturated heterocycles. The van der Waals surface area contributed by atoms with Crippen molar-refractivity contribution in [2.24, 2.45) is 0 Å². The summed E-state index contributed by atoms with van der Waals surface area (Å²) in [7, 11) is 0. The van der Waals surface area contributed by atoms with Gasteiger partial charge < -0.3 is 4.74 Å². The van der Waals surface area contributed by atoms with Crippen LogP contribution < -0.4 is 0 Å². The number of amides is 2. The topological polar surface area (TPSA) is 87.5 Å². The second kappa shape index (κ2) is 7.62. The molecule has 1 heterocycles. The summed E-state index contributed by atoms with van der Waals surface area (Å²) >= 11 is 0. The van der Waals surface area contributed by atoms with Crippen molar-refractivity contribution in [2.75, 3.05) is 6.54 Å². The monoisotopic (exact) mass is 348 g/mol. The van der Waals surface area contributed by atoms with E-state index in [0.717, 1.165) is 5.56 Å². The van der Waals surface area contributed by atoms with E-state index in [2.05, 4.69) is 0 Å². The summed E-state index contributed by atoms with van der Waals surface area (Å²) in [5.41, 5.74) is 2.14. The summed E-state index contributed by atoms with van der Waals surface area (Å²) < 4.78 is 5.17. The van der Waals surface area contributed by atoms with E-state index in [0.29, 0.717) is 23.1 Å². The van der Waals surface area contributed by atoms with Crippen LogP contribution in [0.5, 0.6) is 0 Å². The third kappa shape index (κ3) is 3.62. The highest BCUT2D eigenvalue weighted by atomic mass is 16.5. The van der Waals surface area contributed by atoms with Crippen LogP contribution >= 0.6 is 0 Å². The second-order valence-electron chi connectivity index (χ2n) is 5.88. The molecule has 3 rings (SSSR count). The summed E-state index contributed by atoms with van der Waals surface area (Å²) in [5, 5.41) is 8.74. The molecule has 0 radical (unpaired) electrons. The molecule has 0 aliphatic carbocycles. The molecule has 0 bridgehead atoms. The molecule has 6 heteroatoms. The number of esters is 1. The maximum atomic E-state index is 12.2. The van der Waals surface area contributed by atoms with Gasteiger partial charge in [0.1, 0.15) is 6.61 Å². The molecule has 26 heavy (non-hydrogen) atoms. The van der Waals surface area contributed by atoms with Gasteiger partial charge in [-0.25, -0.2) is 0 Å². The van der Waals surface area contributed by atoms with E-state index in [1.807, 2.05) is 6.07 Å². The average molecular weight is 348 g/mol. The molecular weight excluding hydrogens is 332 g/mol. The fraction of sp³-hybridized carbons (Fsp3) is 0.200. The second-order valence-corrected chi connectivity index (χ2v) is 5.88. The van der Waals surface area contributed by atoms with Crippen molar-refractivity contribution >= 4 is 17.8 Å². The van der Waals surface area contributed by atoms with Crippen molar-refractivity contribution in [1.82, 2.24) is 4.90 Å². The van der Waals surface area contributed by atoms with E-state index >= 15 is 0 Å². The predicted octanol–water partition coefficient (Wildman–Crippen LogP) is 2.68. The van der Waals surface area contributed by atoms with Gasteiger partial charge in [-0.3, -0.25) is 19.3 Å². The Morgan fingerprint density at radius 3 is 2.19 bits per heavy atom. The van der Waals surface area contributed by atoms with E-state index in [1.165, 1.54) is 4.90 Å². The first-order valence-corrected chi connectivity index (χ1v) is 8.20. The van der Waals surface area contributed by atoms with Gasteiger partial charge in [0.25, 0.3) is 11.8 Å². The summed E-state index contributed by atoms with van der Waals surface area (Å²) in [6.07, 6.45) is 0.460. The van der Waals surface area contributed by atoms with Gasteiger partial charge in [0.05, 0.1) is 22.8 Å². The van der Waals surface area contributed by atoms with Crippen molar-refractivity contribution in [3.63, 3.8) is 0 Å². The van der Waals surface area contributed by atoms with Gasteiger partial charge in [-0.15, -0.1) is 0 Å². The maximum absolute atomic E-state index is 12.2. The maximum Gasteiger partial charge on any atom is 0.306 e. The SMILES string of the molecule is N#Cc1ccc(COC(=O)CCCN2C(=O)c3ccccc3C2=O)cc1. The molecule has 0 N–H and O–H groups in total. The minimum Gasteiger partial charge on any atom is -0.461 e. The van der Waals surface area contributed by atoms with E-state index in [1.54, 1.807) is 48.5 Å². The van der Waals surface area contributed by atoms with Crippen LogP contribution in [0.15, 0.2) is 48.5 Å². The van der Waals surface area contributed by atoms with Gasteiger partial charge in [0.2, 0.25) is 0 Å². The molecule has 2 aromatic rings. The molecule has 130 valence electrons.